The van der Waals surface area contributed by atoms with Crippen LogP contribution in [0.2, 0.25) is 5.02 Å². The van der Waals surface area contributed by atoms with Crippen molar-refractivity contribution < 1.29 is 19.1 Å². The van der Waals surface area contributed by atoms with Gasteiger partial charge in [0.15, 0.2) is 0 Å². The molecule has 2 aromatic rings. The number of anilines is 1. The molecule has 1 aliphatic rings. The molecule has 0 radical (unpaired) electrons. The van der Waals surface area contributed by atoms with E-state index in [2.05, 4.69) is 5.32 Å². The van der Waals surface area contributed by atoms with Crippen LogP contribution in [0, 0.1) is 5.92 Å². The van der Waals surface area contributed by atoms with Gasteiger partial charge in [0.1, 0.15) is 11.5 Å². The van der Waals surface area contributed by atoms with Crippen molar-refractivity contribution in [2.75, 3.05) is 26.1 Å². The van der Waals surface area contributed by atoms with Gasteiger partial charge in [0.25, 0.3) is 0 Å². The van der Waals surface area contributed by atoms with E-state index in [-0.39, 0.29) is 18.2 Å². The van der Waals surface area contributed by atoms with E-state index in [1.165, 1.54) is 7.11 Å². The third kappa shape index (κ3) is 4.34. The van der Waals surface area contributed by atoms with E-state index in [1.54, 1.807) is 36.3 Å². The van der Waals surface area contributed by atoms with Crippen LogP contribution in [-0.4, -0.2) is 37.5 Å². The fraction of sp³-hybridized carbons (Fsp3) is 0.300. The zero-order chi connectivity index (χ0) is 19.4. The summed E-state index contributed by atoms with van der Waals surface area (Å²) in [6.45, 7) is 0.752. The van der Waals surface area contributed by atoms with Gasteiger partial charge in [0, 0.05) is 30.6 Å². The minimum Gasteiger partial charge on any atom is -0.497 e. The topological polar surface area (TPSA) is 67.9 Å². The van der Waals surface area contributed by atoms with E-state index in [9.17, 15) is 9.59 Å². The number of nitrogens with zero attached hydrogens (tertiary/aromatic N) is 1. The van der Waals surface area contributed by atoms with E-state index in [0.717, 1.165) is 5.56 Å². The molecule has 6 nitrogen and oxygen atoms in total. The summed E-state index contributed by atoms with van der Waals surface area (Å²) in [6.07, 6.45) is 0.175. The Morgan fingerprint density at radius 1 is 1.22 bits per heavy atom. The number of nitrogens with one attached hydrogen (secondary N) is 1. The quantitative estimate of drug-likeness (QED) is 0.824. The highest BCUT2D eigenvalue weighted by molar-refractivity contribution is 6.31. The Kier molecular flexibility index (Phi) is 5.86. The molecule has 0 saturated carbocycles. The second-order valence-electron chi connectivity index (χ2n) is 6.32. The first-order valence-corrected chi connectivity index (χ1v) is 8.93. The molecule has 0 aliphatic carbocycles. The van der Waals surface area contributed by atoms with Crippen LogP contribution in [0.25, 0.3) is 0 Å². The average molecular weight is 389 g/mol. The molecule has 1 aliphatic heterocycles. The van der Waals surface area contributed by atoms with Gasteiger partial charge in [-0.3, -0.25) is 9.59 Å². The molecule has 3 rings (SSSR count). The normalized spacial score (nSPS) is 16.3. The Balaban J connectivity index is 1.66. The van der Waals surface area contributed by atoms with Gasteiger partial charge in [0.05, 0.1) is 25.8 Å². The minimum atomic E-state index is -0.424. The fourth-order valence-corrected chi connectivity index (χ4v) is 3.26. The lowest BCUT2D eigenvalue weighted by Crippen LogP contribution is -2.28. The van der Waals surface area contributed by atoms with Crippen molar-refractivity contribution >= 4 is 29.1 Å². The van der Waals surface area contributed by atoms with Gasteiger partial charge in [-0.2, -0.15) is 0 Å². The van der Waals surface area contributed by atoms with Gasteiger partial charge in [-0.05, 0) is 23.8 Å². The predicted molar refractivity (Wildman–Crippen MR) is 103 cm³/mol. The molecule has 0 bridgehead atoms. The van der Waals surface area contributed by atoms with Crippen LogP contribution in [-0.2, 0) is 16.1 Å². The highest BCUT2D eigenvalue weighted by Gasteiger charge is 2.34. The molecule has 27 heavy (non-hydrogen) atoms. The highest BCUT2D eigenvalue weighted by atomic mass is 35.5. The van der Waals surface area contributed by atoms with Gasteiger partial charge in [0.2, 0.25) is 11.8 Å². The van der Waals surface area contributed by atoms with Crippen LogP contribution in [0.4, 0.5) is 5.69 Å². The van der Waals surface area contributed by atoms with Crippen molar-refractivity contribution in [2.24, 2.45) is 5.92 Å². The van der Waals surface area contributed by atoms with Gasteiger partial charge < -0.3 is 19.7 Å². The summed E-state index contributed by atoms with van der Waals surface area (Å²) < 4.78 is 10.5. The summed E-state index contributed by atoms with van der Waals surface area (Å²) >= 11 is 6.17. The summed E-state index contributed by atoms with van der Waals surface area (Å²) in [4.78, 5) is 26.6. The first kappa shape index (κ1) is 19.0. The molecule has 2 amide bonds. The summed E-state index contributed by atoms with van der Waals surface area (Å²) in [7, 11) is 3.08. The second-order valence-corrected chi connectivity index (χ2v) is 6.73. The van der Waals surface area contributed by atoms with Crippen molar-refractivity contribution in [3.05, 3.63) is 53.1 Å². The first-order chi connectivity index (χ1) is 13.0. The lowest BCUT2D eigenvalue weighted by atomic mass is 10.1. The van der Waals surface area contributed by atoms with Crippen molar-refractivity contribution in [1.29, 1.82) is 0 Å². The second kappa shape index (κ2) is 8.31. The van der Waals surface area contributed by atoms with Crippen LogP contribution in [0.5, 0.6) is 11.5 Å². The third-order valence-corrected chi connectivity index (χ3v) is 4.94. The molecule has 7 heteroatoms. The monoisotopic (exact) mass is 388 g/mol. The van der Waals surface area contributed by atoms with E-state index < -0.39 is 5.92 Å². The van der Waals surface area contributed by atoms with Crippen molar-refractivity contribution in [3.8, 4) is 11.5 Å². The molecule has 1 heterocycles. The molecule has 0 aromatic heterocycles. The molecule has 1 atom stereocenters. The predicted octanol–water partition coefficient (Wildman–Crippen LogP) is 3.34. The number of likely N-dealkylation sites (tertiary alicyclic amines) is 1. The zero-order valence-electron chi connectivity index (χ0n) is 15.2. The molecule has 1 fully saturated rings. The third-order valence-electron chi connectivity index (χ3n) is 4.57. The van der Waals surface area contributed by atoms with E-state index >= 15 is 0 Å². The number of hydrogen-bond acceptors (Lipinski definition) is 4. The first-order valence-electron chi connectivity index (χ1n) is 8.56. The molecule has 0 spiro atoms. The Morgan fingerprint density at radius 2 is 2.00 bits per heavy atom. The lowest BCUT2D eigenvalue weighted by Gasteiger charge is -2.18. The maximum absolute atomic E-state index is 12.6. The maximum Gasteiger partial charge on any atom is 0.229 e. The molecule has 1 saturated heterocycles. The van der Waals surface area contributed by atoms with Gasteiger partial charge >= 0.3 is 0 Å². The molecule has 1 N–H and O–H groups in total. The minimum absolute atomic E-state index is 0.0586. The molecule has 142 valence electrons. The number of halogens is 1. The van der Waals surface area contributed by atoms with Gasteiger partial charge in [-0.15, -0.1) is 0 Å². The van der Waals surface area contributed by atoms with Crippen LogP contribution in [0.3, 0.4) is 0 Å². The Hall–Kier alpha value is -2.73. The Morgan fingerprint density at radius 3 is 2.70 bits per heavy atom. The van der Waals surface area contributed by atoms with Crippen LogP contribution in [0.1, 0.15) is 12.0 Å². The number of carbonyl (C=O) groups is 2. The number of ether oxygens (including phenoxy) is 2. The van der Waals surface area contributed by atoms with Gasteiger partial charge in [-0.25, -0.2) is 0 Å². The number of amides is 2. The number of methoxy groups -OCH3 is 2. The SMILES string of the molecule is COc1ccc(NC(=O)C2CC(=O)N(Cc3ccccc3Cl)C2)c(OC)c1. The molecular formula is C20H21ClN2O4. The molecular weight excluding hydrogens is 368 g/mol. The Bertz CT molecular complexity index is 856. The summed E-state index contributed by atoms with van der Waals surface area (Å²) in [6, 6.07) is 12.5. The summed E-state index contributed by atoms with van der Waals surface area (Å²) in [5.74, 6) is 0.434. The number of rotatable bonds is 6. The van der Waals surface area contributed by atoms with Crippen molar-refractivity contribution in [2.45, 2.75) is 13.0 Å². The van der Waals surface area contributed by atoms with Crippen LogP contribution < -0.4 is 14.8 Å². The highest BCUT2D eigenvalue weighted by Crippen LogP contribution is 2.30. The van der Waals surface area contributed by atoms with Gasteiger partial charge in [-0.1, -0.05) is 29.8 Å². The van der Waals surface area contributed by atoms with E-state index in [4.69, 9.17) is 21.1 Å². The fourth-order valence-electron chi connectivity index (χ4n) is 3.07. The molecule has 1 unspecified atom stereocenters. The zero-order valence-corrected chi connectivity index (χ0v) is 16.0. The standard InChI is InChI=1S/C20H21ClN2O4/c1-26-15-7-8-17(18(10-15)27-2)22-20(25)14-9-19(24)23(12-14)11-13-5-3-4-6-16(13)21/h3-8,10,14H,9,11-12H2,1-2H3,(H,22,25). The van der Waals surface area contributed by atoms with Crippen LogP contribution in [0.15, 0.2) is 42.5 Å². The number of carbonyl (C=O) groups excluding carboxylic acids is 2. The van der Waals surface area contributed by atoms with Crippen LogP contribution >= 0.6 is 11.6 Å². The largest absolute Gasteiger partial charge is 0.497 e. The number of hydrogen-bond donors (Lipinski definition) is 1. The van der Waals surface area contributed by atoms with E-state index in [0.29, 0.717) is 35.3 Å². The average Bonchev–Trinajstić information content (AvgIpc) is 3.04. The van der Waals surface area contributed by atoms with Crippen molar-refractivity contribution in [1.82, 2.24) is 4.90 Å². The molecule has 2 aromatic carbocycles. The van der Waals surface area contributed by atoms with Crippen molar-refractivity contribution in [3.63, 3.8) is 0 Å². The van der Waals surface area contributed by atoms with E-state index in [1.807, 2.05) is 18.2 Å². The Labute approximate surface area is 163 Å². The smallest absolute Gasteiger partial charge is 0.229 e. The number of benzene rings is 2. The summed E-state index contributed by atoms with van der Waals surface area (Å²) in [5.41, 5.74) is 1.41. The lowest BCUT2D eigenvalue weighted by molar-refractivity contribution is -0.128. The maximum atomic E-state index is 12.6. The summed E-state index contributed by atoms with van der Waals surface area (Å²) in [5, 5.41) is 3.46.